The molecule has 0 N–H and O–H groups in total. The lowest BCUT2D eigenvalue weighted by Crippen LogP contribution is -2.35. The Bertz CT molecular complexity index is 451. The molecule has 19 heavy (non-hydrogen) atoms. The Morgan fingerprint density at radius 3 is 2.32 bits per heavy atom. The van der Waals surface area contributed by atoms with Crippen LogP contribution in [0, 0.1) is 0 Å². The molecule has 1 aliphatic rings. The second kappa shape index (κ2) is 6.07. The molecular weight excluding hydrogens is 289 g/mol. The number of pyridine rings is 1. The van der Waals surface area contributed by atoms with Crippen LogP contribution < -0.4 is 0 Å². The molecule has 0 aliphatic carbocycles. The third-order valence-corrected chi connectivity index (χ3v) is 3.31. The number of halogens is 2. The molecule has 2 unspecified atom stereocenters. The smallest absolute Gasteiger partial charge is 0.338 e. The third-order valence-electron chi connectivity index (χ3n) is 2.93. The van der Waals surface area contributed by atoms with Crippen LogP contribution in [-0.2, 0) is 9.47 Å². The van der Waals surface area contributed by atoms with Crippen molar-refractivity contribution in [3.05, 3.63) is 28.0 Å². The minimum absolute atomic E-state index is 0.0890. The van der Waals surface area contributed by atoms with Crippen LogP contribution in [0.5, 0.6) is 0 Å². The molecular formula is C13H15Cl2NO3. The average molecular weight is 304 g/mol. The van der Waals surface area contributed by atoms with Crippen LogP contribution in [-0.4, -0.2) is 29.3 Å². The van der Waals surface area contributed by atoms with Crippen molar-refractivity contribution in [2.75, 3.05) is 0 Å². The van der Waals surface area contributed by atoms with Gasteiger partial charge in [-0.2, -0.15) is 0 Å². The molecule has 2 rings (SSSR count). The molecule has 1 aromatic rings. The Hall–Kier alpha value is -0.840. The van der Waals surface area contributed by atoms with Crippen LogP contribution in [0.3, 0.4) is 0 Å². The number of aromatic nitrogens is 1. The predicted molar refractivity (Wildman–Crippen MR) is 72.7 cm³/mol. The summed E-state index contributed by atoms with van der Waals surface area (Å²) in [5, 5.41) is 0.348. The van der Waals surface area contributed by atoms with E-state index in [1.807, 2.05) is 13.8 Å². The summed E-state index contributed by atoms with van der Waals surface area (Å²) in [6.07, 6.45) is 1.43. The van der Waals surface area contributed by atoms with E-state index in [1.54, 1.807) is 0 Å². The molecule has 0 spiro atoms. The van der Waals surface area contributed by atoms with Crippen LogP contribution in [0.4, 0.5) is 0 Å². The maximum Gasteiger partial charge on any atom is 0.338 e. The number of hydrogen-bond acceptors (Lipinski definition) is 4. The number of carbonyl (C=O) groups is 1. The number of rotatable bonds is 2. The Balaban J connectivity index is 2.04. The summed E-state index contributed by atoms with van der Waals surface area (Å²) in [5.41, 5.74) is 0.316. The van der Waals surface area contributed by atoms with Crippen LogP contribution >= 0.6 is 23.2 Å². The molecule has 0 saturated carbocycles. The van der Waals surface area contributed by atoms with Crippen LogP contribution in [0.2, 0.25) is 10.3 Å². The number of ether oxygens (including phenoxy) is 2. The second-order valence-corrected chi connectivity index (χ2v) is 5.53. The first-order valence-electron chi connectivity index (χ1n) is 6.13. The van der Waals surface area contributed by atoms with Gasteiger partial charge >= 0.3 is 5.97 Å². The highest BCUT2D eigenvalue weighted by molar-refractivity contribution is 6.32. The molecule has 1 saturated heterocycles. The zero-order valence-corrected chi connectivity index (χ0v) is 12.2. The van der Waals surface area contributed by atoms with Crippen molar-refractivity contribution in [1.29, 1.82) is 0 Å². The lowest BCUT2D eigenvalue weighted by atomic mass is 10.0. The van der Waals surface area contributed by atoms with Gasteiger partial charge in [-0.25, -0.2) is 9.78 Å². The second-order valence-electron chi connectivity index (χ2n) is 4.76. The van der Waals surface area contributed by atoms with Crippen molar-refractivity contribution >= 4 is 29.2 Å². The van der Waals surface area contributed by atoms with E-state index in [0.29, 0.717) is 18.4 Å². The number of nitrogens with zero attached hydrogens (tertiary/aromatic N) is 1. The standard InChI is InChI=1S/C13H15Cl2NO3/c1-7-3-10(4-8(2)18-7)19-13(17)9-5-11(14)16-12(15)6-9/h5-8,10H,3-4H2,1-2H3. The lowest BCUT2D eigenvalue weighted by Gasteiger charge is -2.31. The van der Waals surface area contributed by atoms with Crippen LogP contribution in [0.1, 0.15) is 37.0 Å². The van der Waals surface area contributed by atoms with Gasteiger partial charge in [0.2, 0.25) is 0 Å². The number of hydrogen-bond donors (Lipinski definition) is 0. The van der Waals surface area contributed by atoms with E-state index in [-0.39, 0.29) is 28.6 Å². The van der Waals surface area contributed by atoms with Gasteiger partial charge in [0.15, 0.2) is 0 Å². The van der Waals surface area contributed by atoms with E-state index in [4.69, 9.17) is 32.7 Å². The number of esters is 1. The van der Waals surface area contributed by atoms with Crippen molar-refractivity contribution in [2.45, 2.75) is 45.0 Å². The highest BCUT2D eigenvalue weighted by Gasteiger charge is 2.27. The minimum Gasteiger partial charge on any atom is -0.459 e. The maximum atomic E-state index is 12.0. The Labute approximate surface area is 122 Å². The van der Waals surface area contributed by atoms with E-state index in [0.717, 1.165) is 0 Å². The molecule has 2 heterocycles. The van der Waals surface area contributed by atoms with Gasteiger partial charge in [-0.05, 0) is 26.0 Å². The molecule has 6 heteroatoms. The van der Waals surface area contributed by atoms with Crippen molar-refractivity contribution < 1.29 is 14.3 Å². The monoisotopic (exact) mass is 303 g/mol. The summed E-state index contributed by atoms with van der Waals surface area (Å²) < 4.78 is 11.1. The average Bonchev–Trinajstić information content (AvgIpc) is 2.25. The fourth-order valence-corrected chi connectivity index (χ4v) is 2.70. The molecule has 1 aromatic heterocycles. The predicted octanol–water partition coefficient (Wildman–Crippen LogP) is 3.50. The highest BCUT2D eigenvalue weighted by Crippen LogP contribution is 2.23. The van der Waals surface area contributed by atoms with Gasteiger partial charge in [0.25, 0.3) is 0 Å². The summed E-state index contributed by atoms with van der Waals surface area (Å²) >= 11 is 11.5. The molecule has 4 nitrogen and oxygen atoms in total. The van der Waals surface area contributed by atoms with Gasteiger partial charge in [-0.3, -0.25) is 0 Å². The van der Waals surface area contributed by atoms with E-state index < -0.39 is 5.97 Å². The summed E-state index contributed by atoms with van der Waals surface area (Å²) in [6.45, 7) is 3.94. The van der Waals surface area contributed by atoms with Gasteiger partial charge in [-0.1, -0.05) is 23.2 Å². The largest absolute Gasteiger partial charge is 0.459 e. The summed E-state index contributed by atoms with van der Waals surface area (Å²) in [7, 11) is 0. The van der Waals surface area contributed by atoms with E-state index in [1.165, 1.54) is 12.1 Å². The van der Waals surface area contributed by atoms with Crippen LogP contribution in [0.15, 0.2) is 12.1 Å². The van der Waals surface area contributed by atoms with E-state index >= 15 is 0 Å². The van der Waals surface area contributed by atoms with Gasteiger partial charge in [0, 0.05) is 12.8 Å². The lowest BCUT2D eigenvalue weighted by molar-refractivity contribution is -0.0855. The Kier molecular flexibility index (Phi) is 4.66. The maximum absolute atomic E-state index is 12.0. The highest BCUT2D eigenvalue weighted by atomic mass is 35.5. The normalized spacial score (nSPS) is 27.1. The van der Waals surface area contributed by atoms with Crippen molar-refractivity contribution in [3.63, 3.8) is 0 Å². The zero-order chi connectivity index (χ0) is 14.0. The summed E-state index contributed by atoms with van der Waals surface area (Å²) in [5.74, 6) is -0.433. The van der Waals surface area contributed by atoms with Crippen molar-refractivity contribution in [3.8, 4) is 0 Å². The first-order valence-corrected chi connectivity index (χ1v) is 6.89. The first kappa shape index (κ1) is 14.6. The third kappa shape index (κ3) is 4.06. The fourth-order valence-electron chi connectivity index (χ4n) is 2.24. The minimum atomic E-state index is -0.433. The molecule has 1 aliphatic heterocycles. The van der Waals surface area contributed by atoms with Crippen LogP contribution in [0.25, 0.3) is 0 Å². The fraction of sp³-hybridized carbons (Fsp3) is 0.538. The molecule has 2 atom stereocenters. The SMILES string of the molecule is CC1CC(OC(=O)c2cc(Cl)nc(Cl)c2)CC(C)O1. The zero-order valence-electron chi connectivity index (χ0n) is 10.7. The molecule has 0 aromatic carbocycles. The quantitative estimate of drug-likeness (QED) is 0.620. The van der Waals surface area contributed by atoms with Gasteiger partial charge in [0.05, 0.1) is 17.8 Å². The summed E-state index contributed by atoms with van der Waals surface area (Å²) in [4.78, 5) is 15.8. The topological polar surface area (TPSA) is 48.4 Å². The van der Waals surface area contributed by atoms with E-state index in [9.17, 15) is 4.79 Å². The molecule has 104 valence electrons. The Morgan fingerprint density at radius 2 is 1.79 bits per heavy atom. The molecule has 0 radical (unpaired) electrons. The van der Waals surface area contributed by atoms with Crippen molar-refractivity contribution in [2.24, 2.45) is 0 Å². The van der Waals surface area contributed by atoms with E-state index in [2.05, 4.69) is 4.98 Å². The molecule has 0 amide bonds. The number of carbonyl (C=O) groups excluding carboxylic acids is 1. The molecule has 1 fully saturated rings. The first-order chi connectivity index (χ1) is 8.94. The van der Waals surface area contributed by atoms with Crippen molar-refractivity contribution in [1.82, 2.24) is 4.98 Å². The Morgan fingerprint density at radius 1 is 1.26 bits per heavy atom. The van der Waals surface area contributed by atoms with Gasteiger partial charge in [-0.15, -0.1) is 0 Å². The van der Waals surface area contributed by atoms with Gasteiger partial charge < -0.3 is 9.47 Å². The van der Waals surface area contributed by atoms with Gasteiger partial charge in [0.1, 0.15) is 16.4 Å². The summed E-state index contributed by atoms with van der Waals surface area (Å²) in [6, 6.07) is 2.89. The molecule has 0 bridgehead atoms.